The number of rotatable bonds is 4. The summed E-state index contributed by atoms with van der Waals surface area (Å²) in [5.74, 6) is 1.17. The lowest BCUT2D eigenvalue weighted by Gasteiger charge is -2.39. The Morgan fingerprint density at radius 2 is 1.67 bits per heavy atom. The topological polar surface area (TPSA) is 62.7 Å². The molecule has 2 fully saturated rings. The van der Waals surface area contributed by atoms with E-state index in [2.05, 4.69) is 17.1 Å². The van der Waals surface area contributed by atoms with Gasteiger partial charge in [0, 0.05) is 61.0 Å². The van der Waals surface area contributed by atoms with Crippen LogP contribution < -0.4 is 4.74 Å². The predicted octanol–water partition coefficient (Wildman–Crippen LogP) is 3.86. The molecule has 1 aromatic heterocycles. The van der Waals surface area contributed by atoms with Gasteiger partial charge in [-0.1, -0.05) is 30.3 Å². The molecule has 0 radical (unpaired) electrons. The summed E-state index contributed by atoms with van der Waals surface area (Å²) in [4.78, 5) is 34.6. The van der Waals surface area contributed by atoms with E-state index in [1.807, 2.05) is 52.3 Å². The second kappa shape index (κ2) is 9.06. The Hall–Kier alpha value is -3.67. The molecule has 3 heterocycles. The number of aromatic nitrogens is 1. The van der Waals surface area contributed by atoms with Gasteiger partial charge in [0.2, 0.25) is 0 Å². The van der Waals surface area contributed by atoms with Crippen LogP contribution in [0.25, 0.3) is 0 Å². The van der Waals surface area contributed by atoms with E-state index in [-0.39, 0.29) is 29.7 Å². The first kappa shape index (κ1) is 21.2. The van der Waals surface area contributed by atoms with E-state index in [9.17, 15) is 9.59 Å². The number of ether oxygens (including phenoxy) is 1. The average Bonchev–Trinajstić information content (AvgIpc) is 3.27. The Bertz CT molecular complexity index is 1140. The van der Waals surface area contributed by atoms with Crippen LogP contribution in [0.2, 0.25) is 0 Å². The molecule has 0 saturated carbocycles. The van der Waals surface area contributed by atoms with Crippen LogP contribution in [0.5, 0.6) is 5.75 Å². The zero-order valence-corrected chi connectivity index (χ0v) is 18.6. The molecular weight excluding hydrogens is 414 g/mol. The second-order valence-corrected chi connectivity index (χ2v) is 8.71. The lowest BCUT2D eigenvalue weighted by Crippen LogP contribution is -2.49. The van der Waals surface area contributed by atoms with Crippen molar-refractivity contribution >= 4 is 11.8 Å². The first-order valence-electron chi connectivity index (χ1n) is 11.3. The van der Waals surface area contributed by atoms with Gasteiger partial charge < -0.3 is 14.5 Å². The molecular formula is C27H27N3O3. The van der Waals surface area contributed by atoms with Crippen molar-refractivity contribution < 1.29 is 14.3 Å². The van der Waals surface area contributed by atoms with Crippen molar-refractivity contribution in [2.75, 3.05) is 26.7 Å². The quantitative estimate of drug-likeness (QED) is 0.617. The summed E-state index contributed by atoms with van der Waals surface area (Å²) in [6, 6.07) is 21.2. The van der Waals surface area contributed by atoms with Gasteiger partial charge in [-0.2, -0.15) is 0 Å². The molecule has 6 heteroatoms. The summed E-state index contributed by atoms with van der Waals surface area (Å²) in [7, 11) is 1.66. The van der Waals surface area contributed by atoms with Crippen molar-refractivity contribution in [3.05, 3.63) is 95.8 Å². The number of likely N-dealkylation sites (tertiary alicyclic amines) is 2. The molecule has 33 heavy (non-hydrogen) atoms. The fraction of sp³-hybridized carbons (Fsp3) is 0.296. The SMILES string of the molecule is COc1cccc([C@H]2CN(C(=O)c3ccccc3)[C@@H]3CCN(C(=O)c4ccncc4)C[C@H]23)c1. The van der Waals surface area contributed by atoms with E-state index in [4.69, 9.17) is 4.74 Å². The Balaban J connectivity index is 1.46. The van der Waals surface area contributed by atoms with Crippen LogP contribution in [0.1, 0.15) is 38.6 Å². The summed E-state index contributed by atoms with van der Waals surface area (Å²) in [6.45, 7) is 1.88. The smallest absolute Gasteiger partial charge is 0.254 e. The maximum absolute atomic E-state index is 13.5. The summed E-state index contributed by atoms with van der Waals surface area (Å²) in [5.41, 5.74) is 2.50. The Labute approximate surface area is 193 Å². The van der Waals surface area contributed by atoms with E-state index in [1.165, 1.54) is 0 Å². The fourth-order valence-electron chi connectivity index (χ4n) is 5.30. The van der Waals surface area contributed by atoms with Gasteiger partial charge in [-0.05, 0) is 48.4 Å². The van der Waals surface area contributed by atoms with Crippen molar-refractivity contribution in [1.29, 1.82) is 0 Å². The number of amides is 2. The molecule has 0 unspecified atom stereocenters. The van der Waals surface area contributed by atoms with Crippen LogP contribution in [0.15, 0.2) is 79.1 Å². The van der Waals surface area contributed by atoms with Gasteiger partial charge in [0.05, 0.1) is 7.11 Å². The van der Waals surface area contributed by atoms with Crippen LogP contribution in [-0.4, -0.2) is 59.4 Å². The van der Waals surface area contributed by atoms with Crippen LogP contribution >= 0.6 is 0 Å². The molecule has 0 N–H and O–H groups in total. The predicted molar refractivity (Wildman–Crippen MR) is 125 cm³/mol. The number of hydrogen-bond donors (Lipinski definition) is 0. The molecule has 2 saturated heterocycles. The maximum atomic E-state index is 13.5. The molecule has 0 spiro atoms. The fourth-order valence-corrected chi connectivity index (χ4v) is 5.30. The van der Waals surface area contributed by atoms with Crippen molar-refractivity contribution in [1.82, 2.24) is 14.8 Å². The highest BCUT2D eigenvalue weighted by molar-refractivity contribution is 5.95. The minimum Gasteiger partial charge on any atom is -0.497 e. The van der Waals surface area contributed by atoms with Crippen LogP contribution in [0.3, 0.4) is 0 Å². The highest BCUT2D eigenvalue weighted by Crippen LogP contribution is 2.43. The number of pyridine rings is 1. The number of methoxy groups -OCH3 is 1. The van der Waals surface area contributed by atoms with E-state index in [1.54, 1.807) is 31.6 Å². The summed E-state index contributed by atoms with van der Waals surface area (Å²) >= 11 is 0. The third-order valence-electron chi connectivity index (χ3n) is 6.95. The summed E-state index contributed by atoms with van der Waals surface area (Å²) < 4.78 is 5.46. The number of fused-ring (bicyclic) bond motifs is 1. The number of benzene rings is 2. The van der Waals surface area contributed by atoms with Crippen LogP contribution in [0, 0.1) is 5.92 Å². The highest BCUT2D eigenvalue weighted by atomic mass is 16.5. The molecule has 5 rings (SSSR count). The van der Waals surface area contributed by atoms with Crippen molar-refractivity contribution in [3.8, 4) is 5.75 Å². The van der Waals surface area contributed by atoms with Gasteiger partial charge in [-0.3, -0.25) is 14.6 Å². The monoisotopic (exact) mass is 441 g/mol. The maximum Gasteiger partial charge on any atom is 0.254 e. The number of piperidine rings is 1. The minimum atomic E-state index is 0.0214. The first-order chi connectivity index (χ1) is 16.2. The molecule has 0 aliphatic carbocycles. The van der Waals surface area contributed by atoms with Gasteiger partial charge in [-0.15, -0.1) is 0 Å². The standard InChI is InChI=1S/C27H27N3O3/c1-33-22-9-5-8-21(16-22)23-18-30(27(32)19-6-3-2-4-7-19)25-12-15-29(17-24(23)25)26(31)20-10-13-28-14-11-20/h2-11,13-14,16,23-25H,12,15,17-18H2,1H3/t23-,24-,25-/m1/s1. The molecule has 2 amide bonds. The molecule has 2 aliphatic heterocycles. The summed E-state index contributed by atoms with van der Waals surface area (Å²) in [6.07, 6.45) is 4.06. The molecule has 2 aromatic carbocycles. The second-order valence-electron chi connectivity index (χ2n) is 8.71. The molecule has 6 nitrogen and oxygen atoms in total. The van der Waals surface area contributed by atoms with Crippen LogP contribution in [0.4, 0.5) is 0 Å². The normalized spacial score (nSPS) is 22.0. The zero-order valence-electron chi connectivity index (χ0n) is 18.6. The van der Waals surface area contributed by atoms with E-state index >= 15 is 0 Å². The Morgan fingerprint density at radius 1 is 0.909 bits per heavy atom. The lowest BCUT2D eigenvalue weighted by atomic mass is 9.81. The third-order valence-corrected chi connectivity index (χ3v) is 6.95. The molecule has 2 aliphatic rings. The number of hydrogen-bond acceptors (Lipinski definition) is 4. The zero-order chi connectivity index (χ0) is 22.8. The minimum absolute atomic E-state index is 0.0214. The van der Waals surface area contributed by atoms with Crippen molar-refractivity contribution in [2.24, 2.45) is 5.92 Å². The largest absolute Gasteiger partial charge is 0.497 e. The van der Waals surface area contributed by atoms with Crippen LogP contribution in [-0.2, 0) is 0 Å². The average molecular weight is 442 g/mol. The molecule has 3 atom stereocenters. The molecule has 3 aromatic rings. The highest BCUT2D eigenvalue weighted by Gasteiger charge is 2.48. The Kier molecular flexibility index (Phi) is 5.82. The van der Waals surface area contributed by atoms with Crippen molar-refractivity contribution in [2.45, 2.75) is 18.4 Å². The van der Waals surface area contributed by atoms with Gasteiger partial charge in [0.1, 0.15) is 5.75 Å². The van der Waals surface area contributed by atoms with E-state index in [0.29, 0.717) is 30.8 Å². The van der Waals surface area contributed by atoms with Gasteiger partial charge in [0.25, 0.3) is 11.8 Å². The Morgan fingerprint density at radius 3 is 2.42 bits per heavy atom. The van der Waals surface area contributed by atoms with E-state index < -0.39 is 0 Å². The van der Waals surface area contributed by atoms with Gasteiger partial charge in [0.15, 0.2) is 0 Å². The summed E-state index contributed by atoms with van der Waals surface area (Å²) in [5, 5.41) is 0. The number of carbonyl (C=O) groups excluding carboxylic acids is 2. The number of carbonyl (C=O) groups is 2. The third kappa shape index (κ3) is 4.09. The van der Waals surface area contributed by atoms with Gasteiger partial charge >= 0.3 is 0 Å². The van der Waals surface area contributed by atoms with Crippen molar-refractivity contribution in [3.63, 3.8) is 0 Å². The molecule has 168 valence electrons. The molecule has 0 bridgehead atoms. The van der Waals surface area contributed by atoms with Gasteiger partial charge in [-0.25, -0.2) is 0 Å². The van der Waals surface area contributed by atoms with E-state index in [0.717, 1.165) is 17.7 Å². The lowest BCUT2D eigenvalue weighted by molar-refractivity contribution is 0.0534. The first-order valence-corrected chi connectivity index (χ1v) is 11.3. The number of nitrogens with zero attached hydrogens (tertiary/aromatic N) is 3.